The molecule has 69 heavy (non-hydrogen) atoms. The van der Waals surface area contributed by atoms with E-state index in [4.69, 9.17) is 9.47 Å². The quantitative estimate of drug-likeness (QED) is 0.104. The Morgan fingerprint density at radius 2 is 0.696 bits per heavy atom. The fourth-order valence-corrected chi connectivity index (χ4v) is 12.2. The molecule has 4 aromatic carbocycles. The second-order valence-corrected chi connectivity index (χ2v) is 22.6. The van der Waals surface area contributed by atoms with Gasteiger partial charge in [-0.3, -0.25) is 0 Å². The van der Waals surface area contributed by atoms with E-state index in [9.17, 15) is 0 Å². The van der Waals surface area contributed by atoms with Gasteiger partial charge in [0.25, 0.3) is 0 Å². The average molecular weight is 940 g/mol. The number of benzene rings is 4. The van der Waals surface area contributed by atoms with Gasteiger partial charge in [-0.25, -0.2) is 0 Å². The SMILES string of the molecule is CCCCOc1ccc(OCCCC)cc1.Cc1cc(C)cc(C)c1.Cc1cc(C2CCCCC2)c(C)cc1C1CCCCC1.Cc1cc(CCC2CCCCC2)c(C)cc1CCC1CCCCC1. The second kappa shape index (κ2) is 31.7. The largest absolute Gasteiger partial charge is 0.494 e. The summed E-state index contributed by atoms with van der Waals surface area (Å²) >= 11 is 0. The third-order valence-electron chi connectivity index (χ3n) is 16.4. The van der Waals surface area contributed by atoms with Crippen molar-refractivity contribution in [2.75, 3.05) is 13.2 Å². The fraction of sp³-hybridized carbons (Fsp3) is 0.642. The summed E-state index contributed by atoms with van der Waals surface area (Å²) < 4.78 is 11.1. The van der Waals surface area contributed by atoms with Gasteiger partial charge in [-0.05, 0) is 205 Å². The molecule has 4 aromatic rings. The third-order valence-corrected chi connectivity index (χ3v) is 16.4. The second-order valence-electron chi connectivity index (χ2n) is 22.6. The fourth-order valence-electron chi connectivity index (χ4n) is 12.2. The van der Waals surface area contributed by atoms with Gasteiger partial charge < -0.3 is 9.47 Å². The van der Waals surface area contributed by atoms with E-state index >= 15 is 0 Å². The van der Waals surface area contributed by atoms with Gasteiger partial charge in [-0.1, -0.05) is 189 Å². The van der Waals surface area contributed by atoms with E-state index in [1.54, 1.807) is 44.5 Å². The van der Waals surface area contributed by atoms with Crippen LogP contribution in [0.4, 0.5) is 0 Å². The monoisotopic (exact) mass is 939 g/mol. The molecule has 4 aliphatic carbocycles. The number of rotatable bonds is 16. The Hall–Kier alpha value is -3.52. The predicted molar refractivity (Wildman–Crippen MR) is 301 cm³/mol. The highest BCUT2D eigenvalue weighted by Crippen LogP contribution is 2.40. The standard InChI is InChI=1S/C24H38.C20H30.C14H22O2.C9H12/c1-19-17-24(16-14-22-11-7-4-8-12-22)20(2)18-23(19)15-13-21-9-5-3-6-10-21;1-15-13-20(18-11-7-4-8-12-18)16(2)14-19(15)17-9-5-3-6-10-17;1-3-5-11-15-13-7-9-14(10-8-13)16-12-6-4-2;1-7-4-8(2)6-9(3)5-7/h17-18,21-22H,3-16H2,1-2H3;13-14,17-18H,3-12H2,1-2H3;7-10H,3-6,11-12H2,1-2H3;4-6H,1-3H3. The van der Waals surface area contributed by atoms with Crippen LogP contribution in [0.2, 0.25) is 0 Å². The number of aryl methyl sites for hydroxylation is 9. The smallest absolute Gasteiger partial charge is 0.119 e. The predicted octanol–water partition coefficient (Wildman–Crippen LogP) is 20.4. The van der Waals surface area contributed by atoms with Crippen LogP contribution in [0.3, 0.4) is 0 Å². The number of hydrogen-bond acceptors (Lipinski definition) is 2. The summed E-state index contributed by atoms with van der Waals surface area (Å²) in [6.45, 7) is 21.7. The average Bonchev–Trinajstić information content (AvgIpc) is 3.36. The van der Waals surface area contributed by atoms with Crippen molar-refractivity contribution in [3.8, 4) is 11.5 Å². The maximum absolute atomic E-state index is 5.57. The van der Waals surface area contributed by atoms with Gasteiger partial charge in [-0.2, -0.15) is 0 Å². The summed E-state index contributed by atoms with van der Waals surface area (Å²) in [6.07, 6.45) is 39.1. The molecule has 0 saturated heterocycles. The van der Waals surface area contributed by atoms with Crippen LogP contribution in [0.1, 0.15) is 254 Å². The summed E-state index contributed by atoms with van der Waals surface area (Å²) in [4.78, 5) is 0. The van der Waals surface area contributed by atoms with Crippen molar-refractivity contribution in [3.05, 3.63) is 128 Å². The normalized spacial score (nSPS) is 17.1. The summed E-state index contributed by atoms with van der Waals surface area (Å²) in [5.41, 5.74) is 16.9. The zero-order chi connectivity index (χ0) is 49.2. The molecule has 4 saturated carbocycles. The number of ether oxygens (including phenoxy) is 2. The Labute approximate surface area is 426 Å². The Kier molecular flexibility index (Phi) is 25.9. The summed E-state index contributed by atoms with van der Waals surface area (Å²) in [6, 6.07) is 24.6. The molecule has 0 radical (unpaired) electrons. The van der Waals surface area contributed by atoms with Crippen LogP contribution in [-0.2, 0) is 12.8 Å². The molecular weight excluding hydrogens is 837 g/mol. The summed E-state index contributed by atoms with van der Waals surface area (Å²) in [7, 11) is 0. The molecule has 4 aliphatic rings. The Morgan fingerprint density at radius 3 is 1.01 bits per heavy atom. The van der Waals surface area contributed by atoms with Gasteiger partial charge in [0, 0.05) is 0 Å². The minimum absolute atomic E-state index is 0.798. The molecule has 0 N–H and O–H groups in total. The molecule has 0 amide bonds. The zero-order valence-corrected chi connectivity index (χ0v) is 46.2. The number of unbranched alkanes of at least 4 members (excludes halogenated alkanes) is 2. The molecule has 8 rings (SSSR count). The number of hydrogen-bond donors (Lipinski definition) is 0. The van der Waals surface area contributed by atoms with Crippen LogP contribution in [-0.4, -0.2) is 13.2 Å². The van der Waals surface area contributed by atoms with E-state index in [2.05, 4.69) is 105 Å². The van der Waals surface area contributed by atoms with Gasteiger partial charge in [0.1, 0.15) is 11.5 Å². The molecule has 0 bridgehead atoms. The molecule has 0 aromatic heterocycles. The molecule has 4 fully saturated rings. The van der Waals surface area contributed by atoms with Crippen molar-refractivity contribution in [3.63, 3.8) is 0 Å². The Bertz CT molecular complexity index is 1830. The van der Waals surface area contributed by atoms with Crippen LogP contribution in [0.25, 0.3) is 0 Å². The van der Waals surface area contributed by atoms with Gasteiger partial charge >= 0.3 is 0 Å². The molecule has 382 valence electrons. The maximum atomic E-state index is 5.57. The van der Waals surface area contributed by atoms with E-state index in [1.807, 2.05) is 24.3 Å². The van der Waals surface area contributed by atoms with E-state index in [0.717, 1.165) is 74.1 Å². The lowest BCUT2D eigenvalue weighted by Crippen LogP contribution is -2.10. The molecule has 0 heterocycles. The van der Waals surface area contributed by atoms with Gasteiger partial charge in [0.15, 0.2) is 0 Å². The summed E-state index contributed by atoms with van der Waals surface area (Å²) in [5.74, 6) is 5.56. The van der Waals surface area contributed by atoms with Gasteiger partial charge in [-0.15, -0.1) is 0 Å². The third kappa shape index (κ3) is 20.6. The molecule has 2 nitrogen and oxygen atoms in total. The lowest BCUT2D eigenvalue weighted by molar-refractivity contribution is 0.301. The van der Waals surface area contributed by atoms with Crippen LogP contribution in [0, 0.1) is 60.3 Å². The van der Waals surface area contributed by atoms with Gasteiger partial charge in [0.05, 0.1) is 13.2 Å². The lowest BCUT2D eigenvalue weighted by atomic mass is 9.77. The van der Waals surface area contributed by atoms with E-state index in [-0.39, 0.29) is 0 Å². The first-order valence-electron chi connectivity index (χ1n) is 29.1. The minimum atomic E-state index is 0.798. The van der Waals surface area contributed by atoms with Crippen molar-refractivity contribution in [1.82, 2.24) is 0 Å². The first-order valence-corrected chi connectivity index (χ1v) is 29.1. The minimum Gasteiger partial charge on any atom is -0.494 e. The molecule has 2 heteroatoms. The topological polar surface area (TPSA) is 18.5 Å². The van der Waals surface area contributed by atoms with Crippen molar-refractivity contribution in [1.29, 1.82) is 0 Å². The summed E-state index contributed by atoms with van der Waals surface area (Å²) in [5, 5.41) is 0. The van der Waals surface area contributed by atoms with Crippen molar-refractivity contribution in [2.45, 2.75) is 254 Å². The molecule has 0 spiro atoms. The van der Waals surface area contributed by atoms with E-state index in [1.165, 1.54) is 171 Å². The Balaban J connectivity index is 0.000000180. The van der Waals surface area contributed by atoms with Crippen LogP contribution in [0.15, 0.2) is 66.7 Å². The molecule has 0 aliphatic heterocycles. The Morgan fingerprint density at radius 1 is 0.377 bits per heavy atom. The van der Waals surface area contributed by atoms with Gasteiger partial charge in [0.2, 0.25) is 0 Å². The maximum Gasteiger partial charge on any atom is 0.119 e. The van der Waals surface area contributed by atoms with Crippen molar-refractivity contribution in [2.24, 2.45) is 11.8 Å². The highest BCUT2D eigenvalue weighted by Gasteiger charge is 2.22. The molecule has 0 atom stereocenters. The lowest BCUT2D eigenvalue weighted by Gasteiger charge is -2.28. The first kappa shape index (κ1) is 56.4. The molecule has 0 unspecified atom stereocenters. The zero-order valence-electron chi connectivity index (χ0n) is 46.2. The first-order chi connectivity index (χ1) is 33.5. The van der Waals surface area contributed by atoms with Crippen molar-refractivity contribution < 1.29 is 9.47 Å². The van der Waals surface area contributed by atoms with E-state index < -0.39 is 0 Å². The highest BCUT2D eigenvalue weighted by molar-refractivity contribution is 5.41. The van der Waals surface area contributed by atoms with Crippen LogP contribution < -0.4 is 9.47 Å². The van der Waals surface area contributed by atoms with Crippen LogP contribution in [0.5, 0.6) is 11.5 Å². The van der Waals surface area contributed by atoms with Crippen molar-refractivity contribution >= 4 is 0 Å². The highest BCUT2D eigenvalue weighted by atomic mass is 16.5. The van der Waals surface area contributed by atoms with Crippen LogP contribution >= 0.6 is 0 Å². The molecular formula is C67H102O2. The van der Waals surface area contributed by atoms with E-state index in [0.29, 0.717) is 0 Å².